The molecule has 0 unspecified atom stereocenters. The van der Waals surface area contributed by atoms with Crippen LogP contribution in [0.15, 0.2) is 59.5 Å². The van der Waals surface area contributed by atoms with Crippen molar-refractivity contribution in [2.24, 2.45) is 0 Å². The lowest BCUT2D eigenvalue weighted by Gasteiger charge is -2.38. The second kappa shape index (κ2) is 8.60. The summed E-state index contributed by atoms with van der Waals surface area (Å²) in [5.74, 6) is -0.104. The third kappa shape index (κ3) is 4.56. The van der Waals surface area contributed by atoms with E-state index in [4.69, 9.17) is 9.94 Å². The zero-order chi connectivity index (χ0) is 21.0. The molecule has 1 aliphatic heterocycles. The van der Waals surface area contributed by atoms with E-state index in [-0.39, 0.29) is 30.4 Å². The standard InChI is InChI=1S/C19H21N3O6S/c1-14(23)21-11-12-22(18(13-21)19(24)20-25)29(26,27)17-9-7-16(8-10-17)28-15-5-3-2-4-6-15/h2-10,18,25H,11-13H2,1H3,(H,20,24)/t18-/m1/s1. The number of amides is 2. The Balaban J connectivity index is 1.83. The molecule has 0 aromatic heterocycles. The molecule has 0 aliphatic carbocycles. The van der Waals surface area contributed by atoms with E-state index in [1.807, 2.05) is 18.2 Å². The Morgan fingerprint density at radius 1 is 1.03 bits per heavy atom. The van der Waals surface area contributed by atoms with Crippen molar-refractivity contribution in [1.82, 2.24) is 14.7 Å². The average molecular weight is 419 g/mol. The van der Waals surface area contributed by atoms with E-state index >= 15 is 0 Å². The van der Waals surface area contributed by atoms with Crippen LogP contribution in [0.2, 0.25) is 0 Å². The van der Waals surface area contributed by atoms with Gasteiger partial charge < -0.3 is 9.64 Å². The normalized spacial score (nSPS) is 17.6. The van der Waals surface area contributed by atoms with Crippen molar-refractivity contribution >= 4 is 21.8 Å². The third-order valence-corrected chi connectivity index (χ3v) is 6.52. The van der Waals surface area contributed by atoms with Gasteiger partial charge in [-0.25, -0.2) is 13.9 Å². The highest BCUT2D eigenvalue weighted by molar-refractivity contribution is 7.89. The van der Waals surface area contributed by atoms with Crippen LogP contribution in [0.5, 0.6) is 11.5 Å². The van der Waals surface area contributed by atoms with Gasteiger partial charge in [0.15, 0.2) is 0 Å². The van der Waals surface area contributed by atoms with E-state index in [1.165, 1.54) is 41.6 Å². The summed E-state index contributed by atoms with van der Waals surface area (Å²) < 4.78 is 32.8. The zero-order valence-corrected chi connectivity index (χ0v) is 16.5. The number of para-hydroxylation sites is 1. The van der Waals surface area contributed by atoms with Crippen LogP contribution in [0.25, 0.3) is 0 Å². The Bertz CT molecular complexity index is 979. The quantitative estimate of drug-likeness (QED) is 0.556. The maximum Gasteiger partial charge on any atom is 0.263 e. The molecule has 2 amide bonds. The lowest BCUT2D eigenvalue weighted by atomic mass is 10.2. The first-order chi connectivity index (χ1) is 13.8. The molecule has 1 atom stereocenters. The fourth-order valence-corrected chi connectivity index (χ4v) is 4.64. The predicted octanol–water partition coefficient (Wildman–Crippen LogP) is 1.21. The van der Waals surface area contributed by atoms with Crippen molar-refractivity contribution in [3.05, 3.63) is 54.6 Å². The van der Waals surface area contributed by atoms with Crippen molar-refractivity contribution in [1.29, 1.82) is 0 Å². The van der Waals surface area contributed by atoms with Crippen LogP contribution in [0.4, 0.5) is 0 Å². The molecule has 1 saturated heterocycles. The highest BCUT2D eigenvalue weighted by Gasteiger charge is 2.40. The molecule has 2 aromatic carbocycles. The molecule has 1 aliphatic rings. The number of nitrogens with zero attached hydrogens (tertiary/aromatic N) is 2. The van der Waals surface area contributed by atoms with E-state index < -0.39 is 22.0 Å². The maximum absolute atomic E-state index is 13.1. The number of hydroxylamine groups is 1. The molecule has 154 valence electrons. The first kappa shape index (κ1) is 20.8. The number of rotatable bonds is 5. The van der Waals surface area contributed by atoms with Gasteiger partial charge in [-0.2, -0.15) is 4.31 Å². The molecule has 2 aromatic rings. The van der Waals surface area contributed by atoms with E-state index in [0.717, 1.165) is 4.31 Å². The molecule has 0 saturated carbocycles. The zero-order valence-electron chi connectivity index (χ0n) is 15.7. The van der Waals surface area contributed by atoms with Crippen LogP contribution in [0.3, 0.4) is 0 Å². The van der Waals surface area contributed by atoms with Crippen molar-refractivity contribution in [2.75, 3.05) is 19.6 Å². The second-order valence-corrected chi connectivity index (χ2v) is 8.35. The molecular formula is C19H21N3O6S. The predicted molar refractivity (Wildman–Crippen MR) is 103 cm³/mol. The maximum atomic E-state index is 13.1. The molecular weight excluding hydrogens is 398 g/mol. The molecule has 10 heteroatoms. The third-order valence-electron chi connectivity index (χ3n) is 4.60. The number of hydrogen-bond acceptors (Lipinski definition) is 6. The van der Waals surface area contributed by atoms with Crippen LogP contribution >= 0.6 is 0 Å². The summed E-state index contributed by atoms with van der Waals surface area (Å²) in [5.41, 5.74) is 1.48. The Hall–Kier alpha value is -2.95. The molecule has 9 nitrogen and oxygen atoms in total. The Kier molecular flexibility index (Phi) is 6.16. The van der Waals surface area contributed by atoms with Gasteiger partial charge >= 0.3 is 0 Å². The molecule has 0 spiro atoms. The van der Waals surface area contributed by atoms with Gasteiger partial charge in [0.25, 0.3) is 5.91 Å². The lowest BCUT2D eigenvalue weighted by molar-refractivity contribution is -0.138. The second-order valence-electron chi connectivity index (χ2n) is 6.46. The van der Waals surface area contributed by atoms with Crippen LogP contribution in [-0.4, -0.2) is 60.3 Å². The summed E-state index contributed by atoms with van der Waals surface area (Å²) in [7, 11) is -4.04. The summed E-state index contributed by atoms with van der Waals surface area (Å²) in [4.78, 5) is 25.0. The minimum absolute atomic E-state index is 0.0232. The summed E-state index contributed by atoms with van der Waals surface area (Å²) in [6, 6.07) is 13.6. The number of benzene rings is 2. The van der Waals surface area contributed by atoms with Crippen LogP contribution in [0.1, 0.15) is 6.92 Å². The summed E-state index contributed by atoms with van der Waals surface area (Å²) in [6.07, 6.45) is 0. The van der Waals surface area contributed by atoms with E-state index in [2.05, 4.69) is 0 Å². The molecule has 0 radical (unpaired) electrons. The minimum atomic E-state index is -4.04. The van der Waals surface area contributed by atoms with E-state index in [1.54, 1.807) is 12.1 Å². The van der Waals surface area contributed by atoms with Crippen molar-refractivity contribution < 1.29 is 28.0 Å². The smallest absolute Gasteiger partial charge is 0.263 e. The van der Waals surface area contributed by atoms with Gasteiger partial charge in [-0.3, -0.25) is 14.8 Å². The van der Waals surface area contributed by atoms with Gasteiger partial charge in [0, 0.05) is 26.6 Å². The first-order valence-corrected chi connectivity index (χ1v) is 10.3. The monoisotopic (exact) mass is 419 g/mol. The Morgan fingerprint density at radius 2 is 1.66 bits per heavy atom. The van der Waals surface area contributed by atoms with Crippen LogP contribution < -0.4 is 10.2 Å². The Labute approximate surface area is 168 Å². The van der Waals surface area contributed by atoms with Gasteiger partial charge in [0.2, 0.25) is 15.9 Å². The number of carbonyl (C=O) groups is 2. The minimum Gasteiger partial charge on any atom is -0.457 e. The van der Waals surface area contributed by atoms with Crippen molar-refractivity contribution in [3.8, 4) is 11.5 Å². The van der Waals surface area contributed by atoms with Gasteiger partial charge in [0.05, 0.1) is 4.90 Å². The summed E-state index contributed by atoms with van der Waals surface area (Å²) in [5, 5.41) is 9.00. The van der Waals surface area contributed by atoms with Gasteiger partial charge in [-0.1, -0.05) is 18.2 Å². The average Bonchev–Trinajstić information content (AvgIpc) is 2.73. The molecule has 1 fully saturated rings. The highest BCUT2D eigenvalue weighted by Crippen LogP contribution is 2.26. The Morgan fingerprint density at radius 3 is 2.24 bits per heavy atom. The SMILES string of the molecule is CC(=O)N1CCN(S(=O)(=O)c2ccc(Oc3ccccc3)cc2)[C@@H](C(=O)NO)C1. The topological polar surface area (TPSA) is 116 Å². The number of piperazine rings is 1. The van der Waals surface area contributed by atoms with Crippen molar-refractivity contribution in [2.45, 2.75) is 17.9 Å². The van der Waals surface area contributed by atoms with Gasteiger partial charge in [0.1, 0.15) is 17.5 Å². The number of ether oxygens (including phenoxy) is 1. The van der Waals surface area contributed by atoms with Gasteiger partial charge in [-0.15, -0.1) is 0 Å². The van der Waals surface area contributed by atoms with E-state index in [9.17, 15) is 18.0 Å². The largest absolute Gasteiger partial charge is 0.457 e. The van der Waals surface area contributed by atoms with E-state index in [0.29, 0.717) is 11.5 Å². The number of sulfonamides is 1. The summed E-state index contributed by atoms with van der Waals surface area (Å²) in [6.45, 7) is 1.28. The molecule has 0 bridgehead atoms. The first-order valence-electron chi connectivity index (χ1n) is 8.87. The highest BCUT2D eigenvalue weighted by atomic mass is 32.2. The number of hydrogen-bond donors (Lipinski definition) is 2. The fourth-order valence-electron chi connectivity index (χ4n) is 3.07. The van der Waals surface area contributed by atoms with Crippen LogP contribution in [-0.2, 0) is 19.6 Å². The van der Waals surface area contributed by atoms with Crippen LogP contribution in [0, 0.1) is 0 Å². The van der Waals surface area contributed by atoms with Gasteiger partial charge in [-0.05, 0) is 36.4 Å². The molecule has 3 rings (SSSR count). The number of nitrogens with one attached hydrogen (secondary N) is 1. The molecule has 29 heavy (non-hydrogen) atoms. The summed E-state index contributed by atoms with van der Waals surface area (Å²) >= 11 is 0. The van der Waals surface area contributed by atoms with Crippen molar-refractivity contribution in [3.63, 3.8) is 0 Å². The number of carbonyl (C=O) groups excluding carboxylic acids is 2. The molecule has 2 N–H and O–H groups in total. The lowest BCUT2D eigenvalue weighted by Crippen LogP contribution is -2.60. The fraction of sp³-hybridized carbons (Fsp3) is 0.263. The molecule has 1 heterocycles.